The molecule has 1 aromatic heterocycles. The van der Waals surface area contributed by atoms with E-state index in [1.54, 1.807) is 0 Å². The maximum absolute atomic E-state index is 13.6. The second kappa shape index (κ2) is 8.35. The molecule has 0 bridgehead atoms. The normalized spacial score (nSPS) is 26.9. The minimum absolute atomic E-state index is 0.0157. The highest BCUT2D eigenvalue weighted by Gasteiger charge is 2.38. The van der Waals surface area contributed by atoms with Crippen LogP contribution in [0.4, 0.5) is 14.6 Å². The van der Waals surface area contributed by atoms with Crippen molar-refractivity contribution in [2.45, 2.75) is 64.0 Å². The van der Waals surface area contributed by atoms with Gasteiger partial charge >= 0.3 is 0 Å². The van der Waals surface area contributed by atoms with Gasteiger partial charge in [0, 0.05) is 25.2 Å². The Morgan fingerprint density at radius 2 is 1.93 bits per heavy atom. The van der Waals surface area contributed by atoms with Crippen molar-refractivity contribution < 1.29 is 13.6 Å². The van der Waals surface area contributed by atoms with E-state index in [4.69, 9.17) is 0 Å². The number of carbonyl (C=O) groups is 1. The highest BCUT2D eigenvalue weighted by atomic mass is 19.3. The number of carbonyl (C=O) groups excluding carboxylic acids is 1. The molecule has 0 saturated carbocycles. The number of fused-ring (bicyclic) bond motifs is 1. The second-order valence-electron chi connectivity index (χ2n) is 8.56. The molecule has 28 heavy (non-hydrogen) atoms. The van der Waals surface area contributed by atoms with Gasteiger partial charge in [0.2, 0.25) is 5.91 Å². The molecule has 2 fully saturated rings. The Kier molecular flexibility index (Phi) is 5.85. The lowest BCUT2D eigenvalue weighted by Gasteiger charge is -2.41. The predicted octanol–water partition coefficient (Wildman–Crippen LogP) is 2.91. The van der Waals surface area contributed by atoms with Gasteiger partial charge in [-0.1, -0.05) is 6.42 Å². The molecule has 0 radical (unpaired) electrons. The number of hydrogen-bond acceptors (Lipinski definition) is 4. The quantitative estimate of drug-likeness (QED) is 0.852. The lowest BCUT2D eigenvalue weighted by Crippen LogP contribution is -2.48. The zero-order valence-electron chi connectivity index (χ0n) is 16.6. The zero-order chi connectivity index (χ0) is 19.7. The summed E-state index contributed by atoms with van der Waals surface area (Å²) in [6, 6.07) is 0.995. The molecule has 1 amide bonds. The SMILES string of the molecule is Cc1cc2n(n1)[C@@H](C(F)F)C[C@@H](C1CCN(C(=O)CN3CCCCC3)CC1)N2. The highest BCUT2D eigenvalue weighted by molar-refractivity contribution is 5.78. The van der Waals surface area contributed by atoms with Crippen LogP contribution in [0.1, 0.15) is 50.3 Å². The number of aromatic nitrogens is 2. The molecular weight excluding hydrogens is 364 g/mol. The van der Waals surface area contributed by atoms with Gasteiger partial charge in [-0.15, -0.1) is 0 Å². The first-order valence-electron chi connectivity index (χ1n) is 10.6. The number of likely N-dealkylation sites (tertiary alicyclic amines) is 2. The van der Waals surface area contributed by atoms with Crippen LogP contribution >= 0.6 is 0 Å². The van der Waals surface area contributed by atoms with Crippen molar-refractivity contribution in [1.29, 1.82) is 0 Å². The van der Waals surface area contributed by atoms with E-state index < -0.39 is 12.5 Å². The van der Waals surface area contributed by atoms with Gasteiger partial charge in [-0.05, 0) is 58.0 Å². The summed E-state index contributed by atoms with van der Waals surface area (Å²) >= 11 is 0. The van der Waals surface area contributed by atoms with Crippen molar-refractivity contribution in [1.82, 2.24) is 19.6 Å². The van der Waals surface area contributed by atoms with Gasteiger partial charge in [0.25, 0.3) is 6.43 Å². The molecule has 3 aliphatic rings. The lowest BCUT2D eigenvalue weighted by atomic mass is 9.85. The van der Waals surface area contributed by atoms with Crippen LogP contribution in [-0.4, -0.2) is 70.7 Å². The number of nitrogens with zero attached hydrogens (tertiary/aromatic N) is 4. The molecule has 0 aromatic carbocycles. The monoisotopic (exact) mass is 395 g/mol. The summed E-state index contributed by atoms with van der Waals surface area (Å²) in [7, 11) is 0. The molecule has 4 heterocycles. The number of hydrogen-bond donors (Lipinski definition) is 1. The number of amides is 1. The number of rotatable bonds is 4. The second-order valence-corrected chi connectivity index (χ2v) is 8.56. The fourth-order valence-electron chi connectivity index (χ4n) is 4.97. The number of halogens is 2. The lowest BCUT2D eigenvalue weighted by molar-refractivity contribution is -0.134. The van der Waals surface area contributed by atoms with Crippen LogP contribution < -0.4 is 5.32 Å². The average molecular weight is 395 g/mol. The van der Waals surface area contributed by atoms with Crippen LogP contribution in [0.15, 0.2) is 6.07 Å². The van der Waals surface area contributed by atoms with Gasteiger partial charge in [0.15, 0.2) is 0 Å². The molecule has 0 unspecified atom stereocenters. The van der Waals surface area contributed by atoms with Crippen molar-refractivity contribution in [2.75, 3.05) is 38.0 Å². The molecule has 6 nitrogen and oxygen atoms in total. The summed E-state index contributed by atoms with van der Waals surface area (Å²) in [6.07, 6.45) is 3.34. The Hall–Kier alpha value is -1.70. The van der Waals surface area contributed by atoms with E-state index in [9.17, 15) is 13.6 Å². The topological polar surface area (TPSA) is 53.4 Å². The Bertz CT molecular complexity index is 680. The molecule has 1 aromatic rings. The molecule has 1 N–H and O–H groups in total. The van der Waals surface area contributed by atoms with Crippen LogP contribution in [0, 0.1) is 12.8 Å². The Morgan fingerprint density at radius 3 is 2.61 bits per heavy atom. The number of anilines is 1. The molecule has 3 aliphatic heterocycles. The molecular formula is C20H31F2N5O. The van der Waals surface area contributed by atoms with E-state index in [-0.39, 0.29) is 11.9 Å². The van der Waals surface area contributed by atoms with Crippen molar-refractivity contribution in [3.8, 4) is 0 Å². The van der Waals surface area contributed by atoms with Crippen LogP contribution in [0.5, 0.6) is 0 Å². The van der Waals surface area contributed by atoms with E-state index in [0.29, 0.717) is 24.7 Å². The van der Waals surface area contributed by atoms with E-state index in [0.717, 1.165) is 44.7 Å². The summed E-state index contributed by atoms with van der Waals surface area (Å²) < 4.78 is 28.6. The van der Waals surface area contributed by atoms with Crippen LogP contribution in [0.3, 0.4) is 0 Å². The van der Waals surface area contributed by atoms with Crippen molar-refractivity contribution in [2.24, 2.45) is 5.92 Å². The van der Waals surface area contributed by atoms with Crippen LogP contribution in [0.2, 0.25) is 0 Å². The highest BCUT2D eigenvalue weighted by Crippen LogP contribution is 2.36. The summed E-state index contributed by atoms with van der Waals surface area (Å²) in [6.45, 7) is 5.86. The number of aryl methyl sites for hydroxylation is 1. The molecule has 2 saturated heterocycles. The van der Waals surface area contributed by atoms with Crippen LogP contribution in [-0.2, 0) is 4.79 Å². The first-order chi connectivity index (χ1) is 13.5. The number of nitrogens with one attached hydrogen (secondary N) is 1. The van der Waals surface area contributed by atoms with Crippen molar-refractivity contribution >= 4 is 11.7 Å². The van der Waals surface area contributed by atoms with E-state index in [1.807, 2.05) is 17.9 Å². The molecule has 0 spiro atoms. The fourth-order valence-corrected chi connectivity index (χ4v) is 4.97. The van der Waals surface area contributed by atoms with E-state index >= 15 is 0 Å². The standard InChI is InChI=1S/C20H31F2N5O/c1-14-11-18-23-16(12-17(20(21)22)27(18)24-14)15-5-9-26(10-6-15)19(28)13-25-7-3-2-4-8-25/h11,15-17,20,23H,2-10,12-13H2,1H3/t16-,17+/m0/s1. The van der Waals surface area contributed by atoms with Crippen molar-refractivity contribution in [3.05, 3.63) is 11.8 Å². The summed E-state index contributed by atoms with van der Waals surface area (Å²) in [5.41, 5.74) is 0.756. The first kappa shape index (κ1) is 19.6. The minimum atomic E-state index is -2.42. The Labute approximate surface area is 165 Å². The third-order valence-electron chi connectivity index (χ3n) is 6.56. The number of alkyl halides is 2. The van der Waals surface area contributed by atoms with Gasteiger partial charge in [-0.25, -0.2) is 13.5 Å². The Balaban J connectivity index is 1.33. The third-order valence-corrected chi connectivity index (χ3v) is 6.56. The predicted molar refractivity (Wildman–Crippen MR) is 104 cm³/mol. The largest absolute Gasteiger partial charge is 0.367 e. The van der Waals surface area contributed by atoms with E-state index in [2.05, 4.69) is 15.3 Å². The molecule has 156 valence electrons. The van der Waals surface area contributed by atoms with Gasteiger partial charge in [-0.3, -0.25) is 9.69 Å². The number of piperidine rings is 2. The maximum Gasteiger partial charge on any atom is 0.260 e. The summed E-state index contributed by atoms with van der Waals surface area (Å²) in [5, 5.41) is 7.68. The minimum Gasteiger partial charge on any atom is -0.367 e. The average Bonchev–Trinajstić information content (AvgIpc) is 3.08. The van der Waals surface area contributed by atoms with Crippen molar-refractivity contribution in [3.63, 3.8) is 0 Å². The Morgan fingerprint density at radius 1 is 1.21 bits per heavy atom. The fraction of sp³-hybridized carbons (Fsp3) is 0.800. The molecule has 4 rings (SSSR count). The smallest absolute Gasteiger partial charge is 0.260 e. The molecule has 0 aliphatic carbocycles. The zero-order valence-corrected chi connectivity index (χ0v) is 16.6. The first-order valence-corrected chi connectivity index (χ1v) is 10.6. The summed E-state index contributed by atoms with van der Waals surface area (Å²) in [4.78, 5) is 16.8. The third kappa shape index (κ3) is 4.16. The van der Waals surface area contributed by atoms with Gasteiger partial charge in [0.05, 0.1) is 12.2 Å². The maximum atomic E-state index is 13.6. The van der Waals surface area contributed by atoms with Gasteiger partial charge in [-0.2, -0.15) is 5.10 Å². The molecule has 8 heteroatoms. The van der Waals surface area contributed by atoms with Gasteiger partial charge < -0.3 is 10.2 Å². The van der Waals surface area contributed by atoms with Gasteiger partial charge in [0.1, 0.15) is 11.9 Å². The molecule has 2 atom stereocenters. The summed E-state index contributed by atoms with van der Waals surface area (Å²) in [5.74, 6) is 1.23. The van der Waals surface area contributed by atoms with E-state index in [1.165, 1.54) is 23.9 Å². The van der Waals surface area contributed by atoms with Crippen LogP contribution in [0.25, 0.3) is 0 Å².